The minimum atomic E-state index is -0.409. The van der Waals surface area contributed by atoms with Gasteiger partial charge >= 0.3 is 0 Å². The Hall–Kier alpha value is -1.49. The summed E-state index contributed by atoms with van der Waals surface area (Å²) >= 11 is 3.03. The minimum absolute atomic E-state index is 0.0521. The smallest absolute Gasteiger partial charge is 0.254 e. The average molecular weight is 284 g/mol. The molecule has 2 amide bonds. The fourth-order valence-corrected chi connectivity index (χ4v) is 1.67. The van der Waals surface area contributed by atoms with Gasteiger partial charge in [-0.15, -0.1) is 0 Å². The summed E-state index contributed by atoms with van der Waals surface area (Å²) in [5.74, 6) is -1.14. The van der Waals surface area contributed by atoms with E-state index in [1.807, 2.05) is 0 Å². The van der Waals surface area contributed by atoms with Gasteiger partial charge in [0.05, 0.1) is 10.9 Å². The zero-order valence-electron chi connectivity index (χ0n) is 8.09. The SMILES string of the molecule is O=C1C/C(=C/c2ccc(Br)c(F)c2)C(=O)N1. The van der Waals surface area contributed by atoms with E-state index in [0.29, 0.717) is 15.6 Å². The number of hydrogen-bond donors (Lipinski definition) is 1. The van der Waals surface area contributed by atoms with Gasteiger partial charge in [0.2, 0.25) is 5.91 Å². The van der Waals surface area contributed by atoms with Crippen molar-refractivity contribution in [3.63, 3.8) is 0 Å². The van der Waals surface area contributed by atoms with Crippen LogP contribution in [0.5, 0.6) is 0 Å². The molecule has 82 valence electrons. The Labute approximate surface area is 99.5 Å². The molecule has 1 saturated heterocycles. The minimum Gasteiger partial charge on any atom is -0.292 e. The zero-order chi connectivity index (χ0) is 11.7. The fraction of sp³-hybridized carbons (Fsp3) is 0.0909. The topological polar surface area (TPSA) is 46.2 Å². The van der Waals surface area contributed by atoms with Gasteiger partial charge in [-0.1, -0.05) is 6.07 Å². The molecule has 1 fully saturated rings. The molecule has 1 aliphatic rings. The summed E-state index contributed by atoms with van der Waals surface area (Å²) in [7, 11) is 0. The van der Waals surface area contributed by atoms with Crippen molar-refractivity contribution in [3.05, 3.63) is 39.6 Å². The third kappa shape index (κ3) is 2.19. The van der Waals surface area contributed by atoms with Crippen molar-refractivity contribution in [2.45, 2.75) is 6.42 Å². The molecule has 0 saturated carbocycles. The van der Waals surface area contributed by atoms with Crippen LogP contribution in [0.3, 0.4) is 0 Å². The number of halogens is 2. The van der Waals surface area contributed by atoms with Crippen molar-refractivity contribution in [2.75, 3.05) is 0 Å². The summed E-state index contributed by atoms with van der Waals surface area (Å²) in [6.07, 6.45) is 1.56. The van der Waals surface area contributed by atoms with Crippen LogP contribution < -0.4 is 5.32 Å². The molecule has 0 radical (unpaired) electrons. The summed E-state index contributed by atoms with van der Waals surface area (Å²) in [6, 6.07) is 4.51. The summed E-state index contributed by atoms with van der Waals surface area (Å²) in [5, 5.41) is 2.16. The first kappa shape index (κ1) is 11.0. The van der Waals surface area contributed by atoms with Crippen LogP contribution in [0.2, 0.25) is 0 Å². The number of benzene rings is 1. The Morgan fingerprint density at radius 2 is 2.12 bits per heavy atom. The van der Waals surface area contributed by atoms with E-state index in [-0.39, 0.29) is 12.3 Å². The summed E-state index contributed by atoms with van der Waals surface area (Å²) < 4.78 is 13.5. The number of imide groups is 1. The third-order valence-corrected chi connectivity index (χ3v) is 2.82. The van der Waals surface area contributed by atoms with Gasteiger partial charge in [-0.3, -0.25) is 14.9 Å². The van der Waals surface area contributed by atoms with Gasteiger partial charge in [0.1, 0.15) is 5.82 Å². The van der Waals surface area contributed by atoms with Crippen LogP contribution in [0.1, 0.15) is 12.0 Å². The van der Waals surface area contributed by atoms with Crippen molar-refractivity contribution in [1.82, 2.24) is 5.32 Å². The molecule has 16 heavy (non-hydrogen) atoms. The first-order valence-corrected chi connectivity index (χ1v) is 5.35. The van der Waals surface area contributed by atoms with Crippen LogP contribution in [-0.2, 0) is 9.59 Å². The molecule has 1 N–H and O–H groups in total. The first-order chi connectivity index (χ1) is 7.56. The van der Waals surface area contributed by atoms with Crippen molar-refractivity contribution in [3.8, 4) is 0 Å². The monoisotopic (exact) mass is 283 g/mol. The maximum absolute atomic E-state index is 13.2. The van der Waals surface area contributed by atoms with E-state index in [1.54, 1.807) is 12.1 Å². The Morgan fingerprint density at radius 1 is 1.38 bits per heavy atom. The van der Waals surface area contributed by atoms with Crippen molar-refractivity contribution in [2.24, 2.45) is 0 Å². The van der Waals surface area contributed by atoms with Crippen LogP contribution in [0.25, 0.3) is 6.08 Å². The molecule has 1 aliphatic heterocycles. The molecule has 3 nitrogen and oxygen atoms in total. The molecule has 0 bridgehead atoms. The number of carbonyl (C=O) groups is 2. The third-order valence-electron chi connectivity index (χ3n) is 2.18. The van der Waals surface area contributed by atoms with Crippen molar-refractivity contribution >= 4 is 33.8 Å². The van der Waals surface area contributed by atoms with Gasteiger partial charge in [-0.25, -0.2) is 4.39 Å². The van der Waals surface area contributed by atoms with Gasteiger partial charge < -0.3 is 0 Å². The van der Waals surface area contributed by atoms with E-state index < -0.39 is 11.7 Å². The predicted octanol–water partition coefficient (Wildman–Crippen LogP) is 2.02. The van der Waals surface area contributed by atoms with Gasteiger partial charge in [-0.2, -0.15) is 0 Å². The van der Waals surface area contributed by atoms with Gasteiger partial charge in [0.15, 0.2) is 0 Å². The molecular formula is C11H7BrFNO2. The highest BCUT2D eigenvalue weighted by molar-refractivity contribution is 9.10. The van der Waals surface area contributed by atoms with Gasteiger partial charge in [0.25, 0.3) is 5.91 Å². The molecule has 0 aliphatic carbocycles. The molecule has 1 heterocycles. The molecule has 0 atom stereocenters. The lowest BCUT2D eigenvalue weighted by Crippen LogP contribution is -2.19. The van der Waals surface area contributed by atoms with Crippen LogP contribution >= 0.6 is 15.9 Å². The normalized spacial score (nSPS) is 18.0. The first-order valence-electron chi connectivity index (χ1n) is 4.56. The molecule has 1 aromatic rings. The maximum atomic E-state index is 13.2. The molecule has 0 spiro atoms. The summed E-state index contributed by atoms with van der Waals surface area (Å²) in [4.78, 5) is 22.2. The van der Waals surface area contributed by atoms with Crippen LogP contribution in [-0.4, -0.2) is 11.8 Å². The molecule has 2 rings (SSSR count). The van der Waals surface area contributed by atoms with Crippen LogP contribution in [0.15, 0.2) is 28.2 Å². The van der Waals surface area contributed by atoms with E-state index in [0.717, 1.165) is 0 Å². The van der Waals surface area contributed by atoms with Crippen molar-refractivity contribution in [1.29, 1.82) is 0 Å². The standard InChI is InChI=1S/C11H7BrFNO2/c12-8-2-1-6(4-9(8)13)3-7-5-10(15)14-11(7)16/h1-4H,5H2,(H,14,15,16)/b7-3-. The summed E-state index contributed by atoms with van der Waals surface area (Å²) in [6.45, 7) is 0. The number of rotatable bonds is 1. The molecule has 1 aromatic carbocycles. The largest absolute Gasteiger partial charge is 0.292 e. The number of amides is 2. The van der Waals surface area contributed by atoms with E-state index in [2.05, 4.69) is 21.2 Å². The number of hydrogen-bond acceptors (Lipinski definition) is 2. The lowest BCUT2D eigenvalue weighted by Gasteiger charge is -1.97. The molecule has 0 aromatic heterocycles. The molecule has 5 heteroatoms. The van der Waals surface area contributed by atoms with Crippen LogP contribution in [0, 0.1) is 5.82 Å². The Kier molecular flexibility index (Phi) is 2.87. The zero-order valence-corrected chi connectivity index (χ0v) is 9.67. The van der Waals surface area contributed by atoms with E-state index >= 15 is 0 Å². The number of nitrogens with one attached hydrogen (secondary N) is 1. The average Bonchev–Trinajstić information content (AvgIpc) is 2.51. The van der Waals surface area contributed by atoms with Gasteiger partial charge in [0, 0.05) is 5.57 Å². The highest BCUT2D eigenvalue weighted by Gasteiger charge is 2.23. The maximum Gasteiger partial charge on any atom is 0.254 e. The molecule has 0 unspecified atom stereocenters. The van der Waals surface area contributed by atoms with Gasteiger partial charge in [-0.05, 0) is 39.7 Å². The van der Waals surface area contributed by atoms with E-state index in [4.69, 9.17) is 0 Å². The van der Waals surface area contributed by atoms with E-state index in [1.165, 1.54) is 12.1 Å². The van der Waals surface area contributed by atoms with E-state index in [9.17, 15) is 14.0 Å². The highest BCUT2D eigenvalue weighted by atomic mass is 79.9. The fourth-order valence-electron chi connectivity index (χ4n) is 1.42. The highest BCUT2D eigenvalue weighted by Crippen LogP contribution is 2.20. The second-order valence-electron chi connectivity index (χ2n) is 3.40. The van der Waals surface area contributed by atoms with Crippen LogP contribution in [0.4, 0.5) is 4.39 Å². The lowest BCUT2D eigenvalue weighted by molar-refractivity contribution is -0.124. The lowest BCUT2D eigenvalue weighted by atomic mass is 10.1. The quantitative estimate of drug-likeness (QED) is 0.633. The second kappa shape index (κ2) is 4.17. The van der Waals surface area contributed by atoms with Crippen molar-refractivity contribution < 1.29 is 14.0 Å². The number of carbonyl (C=O) groups excluding carboxylic acids is 2. The molecular weight excluding hydrogens is 277 g/mol. The summed E-state index contributed by atoms with van der Waals surface area (Å²) in [5.41, 5.74) is 0.910. The Bertz CT molecular complexity index is 511. The predicted molar refractivity (Wildman–Crippen MR) is 59.8 cm³/mol. The Morgan fingerprint density at radius 3 is 2.69 bits per heavy atom. The second-order valence-corrected chi connectivity index (χ2v) is 4.25. The Balaban J connectivity index is 2.32.